The van der Waals surface area contributed by atoms with E-state index < -0.39 is 4.75 Å². The summed E-state index contributed by atoms with van der Waals surface area (Å²) in [5, 5.41) is 0.152. The molecule has 3 aliphatic heterocycles. The van der Waals surface area contributed by atoms with Gasteiger partial charge in [0.05, 0.1) is 33.7 Å². The van der Waals surface area contributed by atoms with Crippen LogP contribution in [0.1, 0.15) is 109 Å². The van der Waals surface area contributed by atoms with Crippen LogP contribution in [-0.4, -0.2) is 71.0 Å². The van der Waals surface area contributed by atoms with E-state index in [1.54, 1.807) is 11.8 Å². The van der Waals surface area contributed by atoms with Crippen molar-refractivity contribution in [1.29, 1.82) is 0 Å². The van der Waals surface area contributed by atoms with Crippen molar-refractivity contribution in [2.24, 2.45) is 11.3 Å². The summed E-state index contributed by atoms with van der Waals surface area (Å²) in [5.74, 6) is 9.19. The van der Waals surface area contributed by atoms with E-state index in [-0.39, 0.29) is 39.3 Å². The van der Waals surface area contributed by atoms with Gasteiger partial charge in [0, 0.05) is 29.6 Å². The number of aromatic amines is 2. The Bertz CT molecular complexity index is 2000. The van der Waals surface area contributed by atoms with Crippen LogP contribution in [0.15, 0.2) is 48.7 Å². The van der Waals surface area contributed by atoms with Gasteiger partial charge in [-0.2, -0.15) is 0 Å². The van der Waals surface area contributed by atoms with Crippen molar-refractivity contribution < 1.29 is 9.59 Å². The minimum Gasteiger partial charge on any atom is -0.341 e. The molecular weight excluding hydrogens is 673 g/mol. The average molecular weight is 723 g/mol. The summed E-state index contributed by atoms with van der Waals surface area (Å²) in [5.41, 5.74) is 5.38. The molecule has 51 heavy (non-hydrogen) atoms. The lowest BCUT2D eigenvalue weighted by Gasteiger charge is -2.36. The fourth-order valence-corrected chi connectivity index (χ4v) is 10.1. The number of benzene rings is 2. The molecule has 2 amide bonds. The van der Waals surface area contributed by atoms with Crippen molar-refractivity contribution in [3.05, 3.63) is 71.4 Å². The van der Waals surface area contributed by atoms with Crippen molar-refractivity contribution in [3.8, 4) is 23.1 Å². The van der Waals surface area contributed by atoms with E-state index in [9.17, 15) is 9.59 Å². The van der Waals surface area contributed by atoms with Crippen LogP contribution in [0, 0.1) is 23.2 Å². The highest BCUT2D eigenvalue weighted by Gasteiger charge is 2.65. The number of piperidine rings is 1. The SMILES string of the molecule is CCCC(C)(C)C(=O)N1CCCC2(c3nc4ccc(C#Cc5ccc(-c6cnc(C7CCCN7C(=O)C(C)(SC)C(C)C)[nH]6)cc5)cc4[nH]3)SC12. The average Bonchev–Trinajstić information content (AvgIpc) is 3.49. The molecule has 0 spiro atoms. The third kappa shape index (κ3) is 6.50. The van der Waals surface area contributed by atoms with E-state index >= 15 is 0 Å². The number of carbonyl (C=O) groups excluding carboxylic acids is 2. The van der Waals surface area contributed by atoms with E-state index in [1.807, 2.05) is 53.4 Å². The quantitative estimate of drug-likeness (QED) is 0.133. The third-order valence-corrected chi connectivity index (χ3v) is 14.6. The summed E-state index contributed by atoms with van der Waals surface area (Å²) in [6.07, 6.45) is 9.72. The second-order valence-electron chi connectivity index (χ2n) is 15.5. The van der Waals surface area contributed by atoms with Crippen molar-refractivity contribution in [1.82, 2.24) is 29.7 Å². The zero-order valence-electron chi connectivity index (χ0n) is 30.9. The maximum Gasteiger partial charge on any atom is 0.239 e. The first-order chi connectivity index (χ1) is 24.4. The van der Waals surface area contributed by atoms with Gasteiger partial charge in [-0.15, -0.1) is 23.5 Å². The molecule has 0 saturated carbocycles. The number of nitrogens with one attached hydrogen (secondary N) is 2. The Labute approximate surface area is 310 Å². The van der Waals surface area contributed by atoms with Gasteiger partial charge in [0.15, 0.2) is 0 Å². The number of hydrogen-bond acceptors (Lipinski definition) is 6. The monoisotopic (exact) mass is 722 g/mol. The Kier molecular flexibility index (Phi) is 9.60. The van der Waals surface area contributed by atoms with Gasteiger partial charge in [-0.05, 0) is 87.1 Å². The number of carbonyl (C=O) groups is 2. The van der Waals surface area contributed by atoms with Crippen molar-refractivity contribution in [3.63, 3.8) is 0 Å². The number of amides is 2. The molecule has 0 aliphatic carbocycles. The van der Waals surface area contributed by atoms with Crippen LogP contribution in [0.3, 0.4) is 0 Å². The minimum atomic E-state index is -0.452. The summed E-state index contributed by atoms with van der Waals surface area (Å²) in [7, 11) is 0. The van der Waals surface area contributed by atoms with Crippen LogP contribution in [0.25, 0.3) is 22.3 Å². The van der Waals surface area contributed by atoms with Crippen LogP contribution >= 0.6 is 23.5 Å². The van der Waals surface area contributed by atoms with Gasteiger partial charge in [0.25, 0.3) is 0 Å². The Balaban J connectivity index is 1.03. The number of rotatable bonds is 9. The van der Waals surface area contributed by atoms with Crippen LogP contribution in [0.5, 0.6) is 0 Å². The molecule has 4 aromatic rings. The number of nitrogens with zero attached hydrogens (tertiary/aromatic N) is 4. The molecule has 268 valence electrons. The van der Waals surface area contributed by atoms with Crippen molar-refractivity contribution in [2.75, 3.05) is 19.3 Å². The lowest BCUT2D eigenvalue weighted by molar-refractivity contribution is -0.142. The van der Waals surface area contributed by atoms with Gasteiger partial charge in [0.1, 0.15) is 21.8 Å². The molecule has 2 aromatic carbocycles. The largest absolute Gasteiger partial charge is 0.341 e. The molecule has 4 unspecified atom stereocenters. The molecule has 3 aliphatic rings. The molecule has 3 fully saturated rings. The van der Waals surface area contributed by atoms with Gasteiger partial charge in [0.2, 0.25) is 11.8 Å². The van der Waals surface area contributed by atoms with Crippen LogP contribution in [0.4, 0.5) is 0 Å². The van der Waals surface area contributed by atoms with Crippen molar-refractivity contribution >= 4 is 46.4 Å². The number of aromatic nitrogens is 4. The maximum atomic E-state index is 13.7. The molecule has 0 radical (unpaired) electrons. The summed E-state index contributed by atoms with van der Waals surface area (Å²) in [6.45, 7) is 14.2. The first-order valence-electron chi connectivity index (χ1n) is 18.4. The molecule has 2 aromatic heterocycles. The molecule has 8 nitrogen and oxygen atoms in total. The number of imidazole rings is 2. The molecule has 3 saturated heterocycles. The predicted octanol–water partition coefficient (Wildman–Crippen LogP) is 8.51. The summed E-state index contributed by atoms with van der Waals surface area (Å²) in [6, 6.07) is 14.3. The van der Waals surface area contributed by atoms with E-state index in [2.05, 4.69) is 86.5 Å². The van der Waals surface area contributed by atoms with Gasteiger partial charge in [-0.1, -0.05) is 65.0 Å². The normalized spacial score (nSPS) is 22.8. The van der Waals surface area contributed by atoms with E-state index in [0.29, 0.717) is 0 Å². The second-order valence-corrected chi connectivity index (χ2v) is 18.2. The first-order valence-corrected chi connectivity index (χ1v) is 20.5. The number of fused-ring (bicyclic) bond motifs is 2. The minimum absolute atomic E-state index is 0.0291. The zero-order valence-corrected chi connectivity index (χ0v) is 32.6. The number of hydrogen-bond donors (Lipinski definition) is 2. The molecule has 5 heterocycles. The molecule has 4 atom stereocenters. The summed E-state index contributed by atoms with van der Waals surface area (Å²) in [4.78, 5) is 48.2. The Morgan fingerprint density at radius 1 is 1.02 bits per heavy atom. The standard InChI is InChI=1S/C41H50N6O2S2/c1-8-20-39(4,5)36(48)47-23-10-21-41(38(47)51-41)35-44-30-19-16-28(24-31(30)45-35)13-12-27-14-17-29(18-15-27)32-25-42-34(43-32)33-11-9-22-46(33)37(49)40(6,50-7)26(2)3/h14-19,24-26,33,38H,8-11,20-23H2,1-7H3,(H,42,43)(H,44,45). The molecule has 10 heteroatoms. The van der Waals surface area contributed by atoms with Crippen LogP contribution < -0.4 is 0 Å². The number of H-pyrrole nitrogens is 2. The smallest absolute Gasteiger partial charge is 0.239 e. The highest BCUT2D eigenvalue weighted by Crippen LogP contribution is 2.66. The van der Waals surface area contributed by atoms with E-state index in [4.69, 9.17) is 9.97 Å². The van der Waals surface area contributed by atoms with Gasteiger partial charge in [-0.25, -0.2) is 9.97 Å². The van der Waals surface area contributed by atoms with E-state index in [0.717, 1.165) is 96.7 Å². The Morgan fingerprint density at radius 3 is 2.47 bits per heavy atom. The zero-order chi connectivity index (χ0) is 36.1. The molecular formula is C41H50N6O2S2. The van der Waals surface area contributed by atoms with Gasteiger partial charge < -0.3 is 19.8 Å². The third-order valence-electron chi connectivity index (χ3n) is 11.4. The number of thioether (sulfide) groups is 2. The fourth-order valence-electron chi connectivity index (χ4n) is 7.88. The van der Waals surface area contributed by atoms with Crippen LogP contribution in [0.2, 0.25) is 0 Å². The molecule has 7 rings (SSSR count). The number of likely N-dealkylation sites (tertiary alicyclic amines) is 2. The van der Waals surface area contributed by atoms with Gasteiger partial charge in [-0.3, -0.25) is 9.59 Å². The molecule has 0 bridgehead atoms. The lowest BCUT2D eigenvalue weighted by Crippen LogP contribution is -2.47. The highest BCUT2D eigenvalue weighted by atomic mass is 32.2. The van der Waals surface area contributed by atoms with Gasteiger partial charge >= 0.3 is 0 Å². The Hall–Kier alpha value is -3.68. The van der Waals surface area contributed by atoms with Crippen LogP contribution in [-0.2, 0) is 14.3 Å². The molecule has 2 N–H and O–H groups in total. The van der Waals surface area contributed by atoms with Crippen molar-refractivity contribution in [2.45, 2.75) is 101 Å². The Morgan fingerprint density at radius 2 is 1.75 bits per heavy atom. The summed E-state index contributed by atoms with van der Waals surface area (Å²) >= 11 is 3.51. The maximum absolute atomic E-state index is 13.7. The topological polar surface area (TPSA) is 98.0 Å². The predicted molar refractivity (Wildman–Crippen MR) is 209 cm³/mol. The fraction of sp³-hybridized carbons (Fsp3) is 0.512. The first kappa shape index (κ1) is 35.7. The lowest BCUT2D eigenvalue weighted by atomic mass is 9.85. The summed E-state index contributed by atoms with van der Waals surface area (Å²) < 4.78 is -0.595. The van der Waals surface area contributed by atoms with E-state index in [1.165, 1.54) is 0 Å². The second kappa shape index (κ2) is 13.7. The highest BCUT2D eigenvalue weighted by molar-refractivity contribution is 8.08.